The second-order valence-electron chi connectivity index (χ2n) is 17.8. The Hall–Kier alpha value is -7.04. The van der Waals surface area contributed by atoms with E-state index in [0.717, 1.165) is 46.4 Å². The van der Waals surface area contributed by atoms with Gasteiger partial charge in [-0.1, -0.05) is 109 Å². The highest BCUT2D eigenvalue weighted by molar-refractivity contribution is 5.93. The summed E-state index contributed by atoms with van der Waals surface area (Å²) in [6, 6.07) is 31.2. The molecule has 5 aromatic rings. The van der Waals surface area contributed by atoms with Crippen molar-refractivity contribution in [2.75, 3.05) is 65.7 Å². The van der Waals surface area contributed by atoms with E-state index in [1.807, 2.05) is 109 Å². The summed E-state index contributed by atoms with van der Waals surface area (Å²) in [6.07, 6.45) is 4.58. The molecule has 16 nitrogen and oxygen atoms in total. The normalized spacial score (nSPS) is 19.8. The Morgan fingerprint density at radius 1 is 0.574 bits per heavy atom. The molecule has 4 fully saturated rings. The predicted octanol–water partition coefficient (Wildman–Crippen LogP) is 6.14. The molecule has 354 valence electrons. The first-order valence-corrected chi connectivity index (χ1v) is 23.7. The van der Waals surface area contributed by atoms with Crippen LogP contribution in [0.15, 0.2) is 115 Å². The van der Waals surface area contributed by atoms with Crippen molar-refractivity contribution in [3.8, 4) is 22.4 Å². The number of likely N-dealkylation sites (tertiary alicyclic amines) is 2. The van der Waals surface area contributed by atoms with Gasteiger partial charge in [0.15, 0.2) is 0 Å². The first-order valence-electron chi connectivity index (χ1n) is 23.7. The molecule has 9 rings (SSSR count). The van der Waals surface area contributed by atoms with Crippen LogP contribution in [0.5, 0.6) is 0 Å². The molecule has 0 aliphatic carbocycles. The number of ether oxygens (including phenoxy) is 2. The molecule has 0 unspecified atom stereocenters. The van der Waals surface area contributed by atoms with Gasteiger partial charge in [-0.15, -0.1) is 0 Å². The molecule has 68 heavy (non-hydrogen) atoms. The van der Waals surface area contributed by atoms with Gasteiger partial charge in [0.2, 0.25) is 11.8 Å². The number of hydrogen-bond acceptors (Lipinski definition) is 8. The van der Waals surface area contributed by atoms with Crippen molar-refractivity contribution in [2.45, 2.75) is 62.8 Å². The Bertz CT molecular complexity index is 2530. The van der Waals surface area contributed by atoms with Gasteiger partial charge in [-0.05, 0) is 66.0 Å². The van der Waals surface area contributed by atoms with Crippen molar-refractivity contribution in [3.63, 3.8) is 0 Å². The van der Waals surface area contributed by atoms with Gasteiger partial charge >= 0.3 is 12.1 Å². The summed E-state index contributed by atoms with van der Waals surface area (Å²) >= 11 is 0. The molecular formula is C52H59N9O7. The van der Waals surface area contributed by atoms with Gasteiger partial charge < -0.3 is 50.0 Å². The molecule has 4 N–H and O–H groups in total. The summed E-state index contributed by atoms with van der Waals surface area (Å²) in [5.41, 5.74) is 6.12. The highest BCUT2D eigenvalue weighted by Crippen LogP contribution is 2.35. The molecule has 1 aromatic heterocycles. The monoisotopic (exact) mass is 921 g/mol. The van der Waals surface area contributed by atoms with Gasteiger partial charge in [0.05, 0.1) is 50.4 Å². The van der Waals surface area contributed by atoms with Crippen LogP contribution in [0.4, 0.5) is 9.59 Å². The summed E-state index contributed by atoms with van der Waals surface area (Å²) < 4.78 is 10.8. The number of nitrogens with zero attached hydrogens (tertiary/aromatic N) is 5. The summed E-state index contributed by atoms with van der Waals surface area (Å²) in [4.78, 5) is 83.9. The lowest BCUT2D eigenvalue weighted by Gasteiger charge is -2.32. The first-order chi connectivity index (χ1) is 33.2. The van der Waals surface area contributed by atoms with Crippen molar-refractivity contribution in [1.29, 1.82) is 0 Å². The van der Waals surface area contributed by atoms with Crippen molar-refractivity contribution in [1.82, 2.24) is 45.5 Å². The minimum absolute atomic E-state index is 0.168. The van der Waals surface area contributed by atoms with Crippen LogP contribution in [0.25, 0.3) is 22.4 Å². The van der Waals surface area contributed by atoms with E-state index in [2.05, 4.69) is 33.1 Å². The fraction of sp³-hybridized carbons (Fsp3) is 0.385. The number of amides is 7. The number of carbonyl (C=O) groups is 5. The van der Waals surface area contributed by atoms with Gasteiger partial charge in [0.1, 0.15) is 23.9 Å². The number of rotatable bonds is 12. The minimum atomic E-state index is -0.932. The standard InChI is InChI=1S/C52H59N9O7/c1-35(54-48(62)44-15-9-25-61(44)50(64)46(41-12-6-3-7-13-41)57-52(66)59-28-32-68-33-29-59)36-16-18-37(19-17-36)38-20-22-39(23-21-38)42-34-53-47(55-42)43-14-8-24-60(43)49(63)45(40-10-4-2-5-11-40)56-51(65)58-26-30-67-31-27-58/h2-7,10-13,16-23,34-35,43-46H,8-9,14-15,24-33H2,1H3,(H,53,55)(H,54,62)(H,56,65)(H,57,66)/t35-,43-,44-,45+,46+/m0/s1. The molecule has 5 atom stereocenters. The van der Waals surface area contributed by atoms with E-state index in [1.165, 1.54) is 0 Å². The van der Waals surface area contributed by atoms with E-state index < -0.39 is 18.1 Å². The predicted molar refractivity (Wildman–Crippen MR) is 255 cm³/mol. The van der Waals surface area contributed by atoms with Gasteiger partial charge in [-0.2, -0.15) is 0 Å². The third-order valence-corrected chi connectivity index (χ3v) is 13.5. The molecule has 4 aliphatic heterocycles. The number of aromatic amines is 1. The largest absolute Gasteiger partial charge is 0.378 e. The summed E-state index contributed by atoms with van der Waals surface area (Å²) in [6.45, 7) is 6.58. The second kappa shape index (κ2) is 21.3. The molecular weight excluding hydrogens is 863 g/mol. The fourth-order valence-corrected chi connectivity index (χ4v) is 9.63. The van der Waals surface area contributed by atoms with Gasteiger partial charge in [0.25, 0.3) is 5.91 Å². The number of morpholine rings is 2. The topological polar surface area (TPSA) is 182 Å². The molecule has 7 amide bonds. The van der Waals surface area contributed by atoms with Crippen LogP contribution in [-0.2, 0) is 23.9 Å². The van der Waals surface area contributed by atoms with E-state index >= 15 is 0 Å². The van der Waals surface area contributed by atoms with Crippen molar-refractivity contribution < 1.29 is 33.4 Å². The molecule has 4 aliphatic rings. The summed E-state index contributed by atoms with van der Waals surface area (Å²) in [5.74, 6) is -0.0000217. The van der Waals surface area contributed by atoms with Crippen LogP contribution in [0.1, 0.15) is 79.3 Å². The van der Waals surface area contributed by atoms with E-state index in [1.54, 1.807) is 20.9 Å². The number of urea groups is 2. The molecule has 4 saturated heterocycles. The van der Waals surface area contributed by atoms with Gasteiger partial charge in [-0.3, -0.25) is 14.4 Å². The van der Waals surface area contributed by atoms with E-state index in [9.17, 15) is 24.0 Å². The molecule has 5 heterocycles. The maximum absolute atomic E-state index is 14.3. The number of carbonyl (C=O) groups excluding carboxylic acids is 5. The third-order valence-electron chi connectivity index (χ3n) is 13.5. The molecule has 0 radical (unpaired) electrons. The Labute approximate surface area is 396 Å². The Balaban J connectivity index is 0.817. The highest BCUT2D eigenvalue weighted by Gasteiger charge is 2.40. The Kier molecular flexibility index (Phi) is 14.4. The highest BCUT2D eigenvalue weighted by atomic mass is 16.5. The molecule has 0 saturated carbocycles. The van der Waals surface area contributed by atoms with Gasteiger partial charge in [-0.25, -0.2) is 14.6 Å². The maximum Gasteiger partial charge on any atom is 0.318 e. The average molecular weight is 922 g/mol. The van der Waals surface area contributed by atoms with Crippen LogP contribution in [0.2, 0.25) is 0 Å². The van der Waals surface area contributed by atoms with Crippen molar-refractivity contribution in [2.24, 2.45) is 0 Å². The zero-order valence-corrected chi connectivity index (χ0v) is 38.3. The third kappa shape index (κ3) is 10.4. The zero-order valence-electron chi connectivity index (χ0n) is 38.3. The lowest BCUT2D eigenvalue weighted by atomic mass is 9.99. The Morgan fingerprint density at radius 3 is 1.62 bits per heavy atom. The van der Waals surface area contributed by atoms with Crippen LogP contribution in [0.3, 0.4) is 0 Å². The maximum atomic E-state index is 14.3. The number of H-pyrrole nitrogens is 1. The lowest BCUT2D eigenvalue weighted by molar-refractivity contribution is -0.140. The lowest BCUT2D eigenvalue weighted by Crippen LogP contribution is -2.53. The van der Waals surface area contributed by atoms with Crippen molar-refractivity contribution >= 4 is 29.8 Å². The van der Waals surface area contributed by atoms with Crippen LogP contribution in [-0.4, -0.2) is 131 Å². The van der Waals surface area contributed by atoms with E-state index in [0.29, 0.717) is 89.9 Å². The smallest absolute Gasteiger partial charge is 0.318 e. The number of aromatic nitrogens is 2. The van der Waals surface area contributed by atoms with E-state index in [-0.39, 0.29) is 41.9 Å². The van der Waals surface area contributed by atoms with Crippen molar-refractivity contribution in [3.05, 3.63) is 138 Å². The molecule has 0 bridgehead atoms. The number of hydrogen-bond donors (Lipinski definition) is 4. The van der Waals surface area contributed by atoms with E-state index in [4.69, 9.17) is 14.5 Å². The fourth-order valence-electron chi connectivity index (χ4n) is 9.63. The summed E-state index contributed by atoms with van der Waals surface area (Å²) in [5, 5.41) is 9.12. The number of nitrogens with one attached hydrogen (secondary N) is 4. The summed E-state index contributed by atoms with van der Waals surface area (Å²) in [7, 11) is 0. The number of benzene rings is 4. The Morgan fingerprint density at radius 2 is 1.06 bits per heavy atom. The average Bonchev–Trinajstić information content (AvgIpc) is 4.21. The van der Waals surface area contributed by atoms with Gasteiger partial charge in [0, 0.05) is 39.3 Å². The SMILES string of the molecule is C[C@H](NC(=O)[C@@H]1CCCN1C(=O)[C@H](NC(=O)N1CCOCC1)c1ccccc1)c1ccc(-c2ccc(-c3cnc([C@@H]4CCCN4C(=O)[C@H](NC(=O)N4CCOCC4)c4ccccc4)[nH]3)cc2)cc1. The van der Waals surface area contributed by atoms with Crippen LogP contribution >= 0.6 is 0 Å². The number of imidazole rings is 1. The molecule has 4 aromatic carbocycles. The van der Waals surface area contributed by atoms with Crippen LogP contribution in [0, 0.1) is 0 Å². The second-order valence-corrected chi connectivity index (χ2v) is 17.8. The zero-order chi connectivity index (χ0) is 47.0. The minimum Gasteiger partial charge on any atom is -0.378 e. The van der Waals surface area contributed by atoms with Crippen LogP contribution < -0.4 is 16.0 Å². The molecule has 0 spiro atoms. The first kappa shape index (κ1) is 46.1. The quantitative estimate of drug-likeness (QED) is 0.115. The molecule has 16 heteroatoms.